The minimum atomic E-state index is -0.780. The van der Waals surface area contributed by atoms with Gasteiger partial charge < -0.3 is 4.98 Å². The molecular weight excluding hydrogens is 394 g/mol. The summed E-state index contributed by atoms with van der Waals surface area (Å²) in [5.74, 6) is -1.01. The van der Waals surface area contributed by atoms with Gasteiger partial charge in [-0.2, -0.15) is 4.68 Å². The van der Waals surface area contributed by atoms with Crippen molar-refractivity contribution >= 4 is 22.8 Å². The summed E-state index contributed by atoms with van der Waals surface area (Å²) in [5, 5.41) is 3.00. The number of aryl methyl sites for hydroxylation is 1. The van der Waals surface area contributed by atoms with Crippen LogP contribution in [0.1, 0.15) is 29.2 Å². The van der Waals surface area contributed by atoms with Gasteiger partial charge in [0.15, 0.2) is 0 Å². The first-order valence-corrected chi connectivity index (χ1v) is 10.2. The summed E-state index contributed by atoms with van der Waals surface area (Å²) in [6.07, 6.45) is 0.585. The van der Waals surface area contributed by atoms with Crippen LogP contribution in [-0.2, 0) is 16.0 Å². The lowest BCUT2D eigenvalue weighted by Crippen LogP contribution is -2.33. The quantitative estimate of drug-likeness (QED) is 0.489. The topological polar surface area (TPSA) is 104 Å². The number of amides is 2. The minimum absolute atomic E-state index is 0.00167. The van der Waals surface area contributed by atoms with Crippen molar-refractivity contribution in [2.24, 2.45) is 0 Å². The molecule has 2 amide bonds. The molecule has 5 rings (SSSR count). The van der Waals surface area contributed by atoms with Crippen LogP contribution in [0.4, 0.5) is 0 Å². The molecule has 31 heavy (non-hydrogen) atoms. The van der Waals surface area contributed by atoms with Gasteiger partial charge in [-0.25, -0.2) is 4.98 Å². The molecule has 1 fully saturated rings. The zero-order valence-electron chi connectivity index (χ0n) is 17.0. The van der Waals surface area contributed by atoms with Crippen LogP contribution in [0.5, 0.6) is 0 Å². The van der Waals surface area contributed by atoms with Crippen LogP contribution < -0.4 is 5.56 Å². The number of imidazole rings is 1. The van der Waals surface area contributed by atoms with Crippen molar-refractivity contribution in [3.8, 4) is 5.95 Å². The molecule has 1 aliphatic heterocycles. The number of benzene rings is 2. The number of carbonyl (C=O) groups excluding carboxylic acids is 2. The number of fused-ring (bicyclic) bond motifs is 1. The number of aromatic amines is 2. The molecule has 156 valence electrons. The van der Waals surface area contributed by atoms with E-state index in [0.29, 0.717) is 30.2 Å². The average Bonchev–Trinajstić information content (AvgIpc) is 3.41. The molecule has 2 aromatic heterocycles. The van der Waals surface area contributed by atoms with Crippen molar-refractivity contribution in [1.82, 2.24) is 24.6 Å². The summed E-state index contributed by atoms with van der Waals surface area (Å²) in [4.78, 5) is 47.6. The normalized spacial score (nSPS) is 16.5. The number of imide groups is 1. The Bertz CT molecular complexity index is 1320. The molecule has 4 aromatic rings. The maximum Gasteiger partial charge on any atom is 0.278 e. The fourth-order valence-electron chi connectivity index (χ4n) is 4.19. The van der Waals surface area contributed by atoms with Gasteiger partial charge in [-0.3, -0.25) is 24.4 Å². The molecule has 3 heterocycles. The summed E-state index contributed by atoms with van der Waals surface area (Å²) in [7, 11) is 0. The number of H-pyrrole nitrogens is 2. The molecule has 0 bridgehead atoms. The number of nitrogens with zero attached hydrogens (tertiary/aromatic N) is 3. The van der Waals surface area contributed by atoms with Crippen molar-refractivity contribution in [2.45, 2.75) is 25.7 Å². The second-order valence-electron chi connectivity index (χ2n) is 7.74. The van der Waals surface area contributed by atoms with Crippen LogP contribution in [0, 0.1) is 6.92 Å². The largest absolute Gasteiger partial charge is 0.322 e. The molecule has 1 aliphatic rings. The zero-order chi connectivity index (χ0) is 21.5. The van der Waals surface area contributed by atoms with Crippen LogP contribution in [0.25, 0.3) is 17.0 Å². The smallest absolute Gasteiger partial charge is 0.278 e. The number of likely N-dealkylation sites (tertiary alicyclic amines) is 1. The lowest BCUT2D eigenvalue weighted by atomic mass is 9.98. The zero-order valence-corrected chi connectivity index (χ0v) is 17.0. The van der Waals surface area contributed by atoms with Gasteiger partial charge in [0.2, 0.25) is 17.8 Å². The van der Waals surface area contributed by atoms with E-state index >= 15 is 0 Å². The lowest BCUT2D eigenvalue weighted by Gasteiger charge is -2.14. The first-order chi connectivity index (χ1) is 15.0. The Morgan fingerprint density at radius 2 is 1.77 bits per heavy atom. The Hall–Kier alpha value is -3.94. The summed E-state index contributed by atoms with van der Waals surface area (Å²) >= 11 is 0. The number of aromatic nitrogens is 4. The molecule has 0 spiro atoms. The second-order valence-corrected chi connectivity index (χ2v) is 7.74. The monoisotopic (exact) mass is 415 g/mol. The van der Waals surface area contributed by atoms with Crippen molar-refractivity contribution in [2.75, 3.05) is 6.54 Å². The average molecular weight is 415 g/mol. The molecule has 2 aromatic carbocycles. The number of para-hydroxylation sites is 2. The van der Waals surface area contributed by atoms with Gasteiger partial charge in [0.25, 0.3) is 5.56 Å². The third kappa shape index (κ3) is 3.26. The Morgan fingerprint density at radius 3 is 2.55 bits per heavy atom. The number of carbonyl (C=O) groups is 2. The van der Waals surface area contributed by atoms with Crippen LogP contribution in [0.2, 0.25) is 0 Å². The number of nitrogens with one attached hydrogen (secondary N) is 2. The van der Waals surface area contributed by atoms with Crippen molar-refractivity contribution in [3.05, 3.63) is 81.8 Å². The highest BCUT2D eigenvalue weighted by Gasteiger charge is 2.42. The van der Waals surface area contributed by atoms with Gasteiger partial charge in [0, 0.05) is 18.7 Å². The highest BCUT2D eigenvalue weighted by Crippen LogP contribution is 2.30. The number of rotatable bonds is 5. The van der Waals surface area contributed by atoms with Crippen LogP contribution in [0.3, 0.4) is 0 Å². The predicted molar refractivity (Wildman–Crippen MR) is 115 cm³/mol. The Labute approximate surface area is 177 Å². The van der Waals surface area contributed by atoms with E-state index in [4.69, 9.17) is 0 Å². The van der Waals surface area contributed by atoms with Crippen molar-refractivity contribution in [1.29, 1.82) is 0 Å². The maximum absolute atomic E-state index is 13.2. The Morgan fingerprint density at radius 1 is 1.03 bits per heavy atom. The summed E-state index contributed by atoms with van der Waals surface area (Å²) in [5.41, 5.74) is 3.10. The minimum Gasteiger partial charge on any atom is -0.322 e. The van der Waals surface area contributed by atoms with E-state index in [1.54, 1.807) is 6.92 Å². The molecule has 0 saturated carbocycles. The van der Waals surface area contributed by atoms with E-state index in [2.05, 4.69) is 15.1 Å². The van der Waals surface area contributed by atoms with Crippen LogP contribution in [-0.4, -0.2) is 43.0 Å². The molecule has 1 unspecified atom stereocenters. The second kappa shape index (κ2) is 7.39. The van der Waals surface area contributed by atoms with Crippen LogP contribution >= 0.6 is 0 Å². The molecule has 1 saturated heterocycles. The fourth-order valence-corrected chi connectivity index (χ4v) is 4.19. The predicted octanol–water partition coefficient (Wildman–Crippen LogP) is 2.44. The molecule has 8 nitrogen and oxygen atoms in total. The molecule has 2 N–H and O–H groups in total. The van der Waals surface area contributed by atoms with E-state index in [1.807, 2.05) is 54.6 Å². The van der Waals surface area contributed by atoms with Gasteiger partial charge >= 0.3 is 0 Å². The third-order valence-electron chi connectivity index (χ3n) is 5.76. The lowest BCUT2D eigenvalue weighted by molar-refractivity contribution is -0.138. The molecule has 0 radical (unpaired) electrons. The summed E-state index contributed by atoms with van der Waals surface area (Å²) in [6, 6.07) is 17.2. The van der Waals surface area contributed by atoms with Crippen molar-refractivity contribution < 1.29 is 9.59 Å². The summed E-state index contributed by atoms with van der Waals surface area (Å²) < 4.78 is 1.30. The fraction of sp³-hybridized carbons (Fsp3) is 0.217. The standard InChI is InChI=1S/C23H21N5O3/c1-14-20(22(31)28(26-14)23-24-17-9-5-6-10-18(17)25-23)16-13-19(29)27(21(16)30)12-11-15-7-3-2-4-8-15/h2-10,16,26H,11-13H2,1H3,(H,24,25). The van der Waals surface area contributed by atoms with Gasteiger partial charge in [0.05, 0.1) is 22.5 Å². The van der Waals surface area contributed by atoms with Gasteiger partial charge in [-0.05, 0) is 31.0 Å². The third-order valence-corrected chi connectivity index (χ3v) is 5.76. The first kappa shape index (κ1) is 19.0. The number of hydrogen-bond acceptors (Lipinski definition) is 4. The van der Waals surface area contributed by atoms with Gasteiger partial charge in [-0.15, -0.1) is 0 Å². The Kier molecular flexibility index (Phi) is 4.54. The van der Waals surface area contributed by atoms with Crippen molar-refractivity contribution in [3.63, 3.8) is 0 Å². The van der Waals surface area contributed by atoms with E-state index in [-0.39, 0.29) is 23.8 Å². The van der Waals surface area contributed by atoms with E-state index in [9.17, 15) is 14.4 Å². The molecule has 1 atom stereocenters. The molecular formula is C23H21N5O3. The van der Waals surface area contributed by atoms with E-state index in [0.717, 1.165) is 16.6 Å². The molecule has 8 heteroatoms. The van der Waals surface area contributed by atoms with Gasteiger partial charge in [0.1, 0.15) is 0 Å². The molecule has 0 aliphatic carbocycles. The first-order valence-electron chi connectivity index (χ1n) is 10.2. The summed E-state index contributed by atoms with van der Waals surface area (Å²) in [6.45, 7) is 2.04. The van der Waals surface area contributed by atoms with Gasteiger partial charge in [-0.1, -0.05) is 42.5 Å². The SMILES string of the molecule is Cc1[nH]n(-c2nc3ccccc3[nH]2)c(=O)c1C1CC(=O)N(CCc2ccccc2)C1=O. The highest BCUT2D eigenvalue weighted by molar-refractivity contribution is 6.06. The van der Waals surface area contributed by atoms with E-state index in [1.165, 1.54) is 9.58 Å². The Balaban J connectivity index is 1.43. The van der Waals surface area contributed by atoms with Crippen LogP contribution in [0.15, 0.2) is 59.4 Å². The maximum atomic E-state index is 13.2. The van der Waals surface area contributed by atoms with E-state index < -0.39 is 5.92 Å². The number of hydrogen-bond donors (Lipinski definition) is 2. The highest BCUT2D eigenvalue weighted by atomic mass is 16.2.